The van der Waals surface area contributed by atoms with Gasteiger partial charge < -0.3 is 16.2 Å². The molecule has 3 rings (SSSR count). The summed E-state index contributed by atoms with van der Waals surface area (Å²) < 4.78 is 0. The van der Waals surface area contributed by atoms with Gasteiger partial charge >= 0.3 is 12.0 Å². The van der Waals surface area contributed by atoms with Crippen LogP contribution in [0.2, 0.25) is 0 Å². The van der Waals surface area contributed by atoms with Crippen molar-refractivity contribution >= 4 is 29.7 Å². The van der Waals surface area contributed by atoms with Gasteiger partial charge in [-0.3, -0.25) is 19.8 Å². The zero-order chi connectivity index (χ0) is 23.6. The highest BCUT2D eigenvalue weighted by atomic mass is 16.4. The number of hydrogen-bond acceptors (Lipinski definition) is 5. The summed E-state index contributed by atoms with van der Waals surface area (Å²) in [5.74, 6) is -2.58. The molecule has 32 heavy (non-hydrogen) atoms. The van der Waals surface area contributed by atoms with Crippen molar-refractivity contribution in [3.05, 3.63) is 35.4 Å². The predicted molar refractivity (Wildman–Crippen MR) is 115 cm³/mol. The number of carbonyl (C=O) groups is 4. The van der Waals surface area contributed by atoms with Gasteiger partial charge in [-0.15, -0.1) is 0 Å². The Hall–Kier alpha value is -3.43. The molecule has 0 radical (unpaired) electrons. The second-order valence-electron chi connectivity index (χ2n) is 8.59. The van der Waals surface area contributed by atoms with Crippen molar-refractivity contribution in [3.63, 3.8) is 0 Å². The first-order valence-electron chi connectivity index (χ1n) is 10.7. The van der Waals surface area contributed by atoms with Crippen LogP contribution in [-0.4, -0.2) is 50.8 Å². The minimum atomic E-state index is -1.46. The number of hydrazine groups is 1. The molecule has 2 atom stereocenters. The molecule has 172 valence electrons. The van der Waals surface area contributed by atoms with Crippen molar-refractivity contribution in [2.24, 2.45) is 11.7 Å². The number of nitrogens with zero attached hydrogens (tertiary/aromatic N) is 2. The standard InChI is InChI=1S/C22H29N5O5/c1-13(28)26(17(12-18(29)30)14-6-4-3-5-7-14)27-20(31)22(2,25-21(27)32)16-10-8-15(9-11-16)19(23)24/h8-11,14,17H,3-7,12H2,1-2H3,(H3,23,24)(H,25,32)(H,29,30)/t17-,22-/m1/s1. The van der Waals surface area contributed by atoms with Crippen LogP contribution in [0.15, 0.2) is 24.3 Å². The first kappa shape index (κ1) is 23.2. The second-order valence-corrected chi connectivity index (χ2v) is 8.59. The number of carboxylic acids is 1. The zero-order valence-electron chi connectivity index (χ0n) is 18.3. The van der Waals surface area contributed by atoms with E-state index in [1.165, 1.54) is 13.8 Å². The van der Waals surface area contributed by atoms with Crippen molar-refractivity contribution in [1.29, 1.82) is 5.41 Å². The highest BCUT2D eigenvalue weighted by Crippen LogP contribution is 2.35. The molecule has 1 saturated heterocycles. The number of urea groups is 1. The Balaban J connectivity index is 1.97. The molecule has 0 spiro atoms. The number of imide groups is 1. The number of amidine groups is 1. The third-order valence-electron chi connectivity index (χ3n) is 6.37. The van der Waals surface area contributed by atoms with Crippen LogP contribution in [0.5, 0.6) is 0 Å². The summed E-state index contributed by atoms with van der Waals surface area (Å²) in [5.41, 5.74) is 4.95. The van der Waals surface area contributed by atoms with E-state index in [0.717, 1.165) is 42.1 Å². The van der Waals surface area contributed by atoms with Crippen LogP contribution in [-0.2, 0) is 19.9 Å². The van der Waals surface area contributed by atoms with Crippen molar-refractivity contribution in [3.8, 4) is 0 Å². The summed E-state index contributed by atoms with van der Waals surface area (Å²) in [6, 6.07) is 4.74. The molecular weight excluding hydrogens is 414 g/mol. The summed E-state index contributed by atoms with van der Waals surface area (Å²) in [4.78, 5) is 50.8. The number of hydrogen-bond donors (Lipinski definition) is 4. The largest absolute Gasteiger partial charge is 0.481 e. The molecule has 1 aromatic rings. The summed E-state index contributed by atoms with van der Waals surface area (Å²) in [5, 5.41) is 21.5. The molecule has 1 heterocycles. The van der Waals surface area contributed by atoms with Gasteiger partial charge in [0.2, 0.25) is 5.91 Å². The van der Waals surface area contributed by atoms with E-state index in [-0.39, 0.29) is 18.2 Å². The van der Waals surface area contributed by atoms with Gasteiger partial charge in [0.25, 0.3) is 5.91 Å². The number of nitrogen functional groups attached to an aromatic ring is 1. The normalized spacial score (nSPS) is 22.4. The fourth-order valence-electron chi connectivity index (χ4n) is 4.67. The third kappa shape index (κ3) is 4.30. The third-order valence-corrected chi connectivity index (χ3v) is 6.37. The van der Waals surface area contributed by atoms with Crippen molar-refractivity contribution in [1.82, 2.24) is 15.3 Å². The molecule has 1 aliphatic heterocycles. The molecule has 1 aliphatic carbocycles. The Morgan fingerprint density at radius 1 is 1.25 bits per heavy atom. The molecule has 2 aliphatic rings. The van der Waals surface area contributed by atoms with Gasteiger partial charge in [-0.2, -0.15) is 5.01 Å². The quantitative estimate of drug-likeness (QED) is 0.286. The molecular formula is C22H29N5O5. The summed E-state index contributed by atoms with van der Waals surface area (Å²) in [7, 11) is 0. The van der Waals surface area contributed by atoms with E-state index < -0.39 is 35.4 Å². The number of nitrogens with one attached hydrogen (secondary N) is 2. The van der Waals surface area contributed by atoms with E-state index in [2.05, 4.69) is 5.32 Å². The van der Waals surface area contributed by atoms with E-state index in [0.29, 0.717) is 11.1 Å². The highest BCUT2D eigenvalue weighted by molar-refractivity contribution is 6.08. The van der Waals surface area contributed by atoms with Crippen LogP contribution in [0.3, 0.4) is 0 Å². The Morgan fingerprint density at radius 2 is 1.84 bits per heavy atom. The molecule has 2 fully saturated rings. The first-order chi connectivity index (χ1) is 15.1. The number of amides is 4. The molecule has 1 saturated carbocycles. The van der Waals surface area contributed by atoms with Gasteiger partial charge in [0, 0.05) is 12.5 Å². The van der Waals surface area contributed by atoms with E-state index in [1.807, 2.05) is 0 Å². The number of aliphatic carboxylic acids is 1. The Labute approximate surface area is 186 Å². The maximum Gasteiger partial charge on any atom is 0.344 e. The maximum absolute atomic E-state index is 13.5. The minimum absolute atomic E-state index is 0.119. The topological polar surface area (TPSA) is 157 Å². The SMILES string of the molecule is CC(=O)N([C@H](CC(=O)O)C1CCCCC1)N1C(=O)N[C@](C)(c2ccc(C(=N)N)cc2)C1=O. The van der Waals surface area contributed by atoms with Gasteiger partial charge in [0.15, 0.2) is 0 Å². The number of carbonyl (C=O) groups excluding carboxylic acids is 3. The Kier molecular flexibility index (Phi) is 6.52. The van der Waals surface area contributed by atoms with Crippen LogP contribution < -0.4 is 11.1 Å². The monoisotopic (exact) mass is 443 g/mol. The Morgan fingerprint density at radius 3 is 2.34 bits per heavy atom. The van der Waals surface area contributed by atoms with E-state index in [4.69, 9.17) is 11.1 Å². The van der Waals surface area contributed by atoms with Crippen molar-refractivity contribution in [2.45, 2.75) is 64.0 Å². The van der Waals surface area contributed by atoms with Crippen LogP contribution >= 0.6 is 0 Å². The predicted octanol–water partition coefficient (Wildman–Crippen LogP) is 1.92. The highest BCUT2D eigenvalue weighted by Gasteiger charge is 2.54. The summed E-state index contributed by atoms with van der Waals surface area (Å²) >= 11 is 0. The van der Waals surface area contributed by atoms with Crippen molar-refractivity contribution < 1.29 is 24.3 Å². The molecule has 10 nitrogen and oxygen atoms in total. The van der Waals surface area contributed by atoms with Crippen LogP contribution in [0.1, 0.15) is 63.5 Å². The van der Waals surface area contributed by atoms with Crippen LogP contribution in [0, 0.1) is 11.3 Å². The average molecular weight is 444 g/mol. The van der Waals surface area contributed by atoms with Gasteiger partial charge in [0.1, 0.15) is 11.4 Å². The van der Waals surface area contributed by atoms with Gasteiger partial charge in [0.05, 0.1) is 12.5 Å². The maximum atomic E-state index is 13.5. The molecule has 1 aromatic carbocycles. The minimum Gasteiger partial charge on any atom is -0.481 e. The van der Waals surface area contributed by atoms with E-state index in [9.17, 15) is 24.3 Å². The number of nitrogens with two attached hydrogens (primary N) is 1. The van der Waals surface area contributed by atoms with E-state index in [1.54, 1.807) is 24.3 Å². The lowest BCUT2D eigenvalue weighted by Crippen LogP contribution is -2.57. The summed E-state index contributed by atoms with van der Waals surface area (Å²) in [6.07, 6.45) is 3.96. The van der Waals surface area contributed by atoms with Crippen LogP contribution in [0.4, 0.5) is 4.79 Å². The molecule has 10 heteroatoms. The molecule has 0 unspecified atom stereocenters. The second kappa shape index (κ2) is 8.97. The van der Waals surface area contributed by atoms with Crippen molar-refractivity contribution in [2.75, 3.05) is 0 Å². The molecule has 0 bridgehead atoms. The van der Waals surface area contributed by atoms with Gasteiger partial charge in [-0.1, -0.05) is 43.5 Å². The lowest BCUT2D eigenvalue weighted by Gasteiger charge is -2.40. The first-order valence-corrected chi connectivity index (χ1v) is 10.7. The lowest BCUT2D eigenvalue weighted by molar-refractivity contribution is -0.165. The van der Waals surface area contributed by atoms with Gasteiger partial charge in [-0.25, -0.2) is 9.80 Å². The number of benzene rings is 1. The smallest absolute Gasteiger partial charge is 0.344 e. The van der Waals surface area contributed by atoms with Gasteiger partial charge in [-0.05, 0) is 31.2 Å². The molecule has 5 N–H and O–H groups in total. The van der Waals surface area contributed by atoms with Crippen LogP contribution in [0.25, 0.3) is 0 Å². The fourth-order valence-corrected chi connectivity index (χ4v) is 4.67. The fraction of sp³-hybridized carbons (Fsp3) is 0.500. The Bertz CT molecular complexity index is 941. The zero-order valence-corrected chi connectivity index (χ0v) is 18.3. The van der Waals surface area contributed by atoms with E-state index >= 15 is 0 Å². The number of carboxylic acid groups (broad SMARTS) is 1. The molecule has 0 aromatic heterocycles. The molecule has 4 amide bonds. The lowest BCUT2D eigenvalue weighted by atomic mass is 9.82. The average Bonchev–Trinajstić information content (AvgIpc) is 2.97. The number of rotatable bonds is 7. The summed E-state index contributed by atoms with van der Waals surface area (Å²) in [6.45, 7) is 2.76.